The lowest BCUT2D eigenvalue weighted by molar-refractivity contribution is -0.131. The van der Waals surface area contributed by atoms with Crippen molar-refractivity contribution in [3.8, 4) is 11.5 Å². The Morgan fingerprint density at radius 1 is 1.11 bits per heavy atom. The zero-order valence-corrected chi connectivity index (χ0v) is 20.6. The van der Waals surface area contributed by atoms with Crippen molar-refractivity contribution in [3.63, 3.8) is 0 Å². The standard InChI is InChI=1S/C26H27N5O5S/c27-23(28)17-10-20(37-14-17)13-30-25(34)21-11-16(12-29-21)22(32)26(35)31-24(33)15-6-8-19(9-7-15)36-18-4-2-1-3-5-18/h1-10,14,16,21,26,29,35H,11-13H2,(H3,27,28)(H,30,34)(H,31,33)/t16-,21+,26+/m1/s1. The molecule has 1 aliphatic heterocycles. The van der Waals surface area contributed by atoms with Crippen molar-refractivity contribution < 1.29 is 24.2 Å². The molecule has 0 saturated carbocycles. The first kappa shape index (κ1) is 26.0. The van der Waals surface area contributed by atoms with Crippen molar-refractivity contribution >= 4 is 34.8 Å². The molecule has 0 spiro atoms. The fraction of sp³-hybridized carbons (Fsp3) is 0.231. The molecule has 3 aromatic rings. The quantitative estimate of drug-likeness (QED) is 0.134. The van der Waals surface area contributed by atoms with Crippen LogP contribution >= 0.6 is 11.3 Å². The van der Waals surface area contributed by atoms with Gasteiger partial charge < -0.3 is 31.5 Å². The van der Waals surface area contributed by atoms with Crippen LogP contribution in [-0.4, -0.2) is 47.4 Å². The number of Topliss-reactive ketones (excluding diaryl/α,β-unsaturated/α-hetero) is 1. The number of amidine groups is 1. The SMILES string of the molecule is N=C(N)c1csc(CNC(=O)[C@@H]2C[C@@H](C(=O)[C@H](O)NC(=O)c3ccc(Oc4ccccc4)cc3)CN2)c1. The third kappa shape index (κ3) is 6.79. The highest BCUT2D eigenvalue weighted by atomic mass is 32.1. The van der Waals surface area contributed by atoms with E-state index in [2.05, 4.69) is 16.0 Å². The summed E-state index contributed by atoms with van der Waals surface area (Å²) < 4.78 is 5.69. The van der Waals surface area contributed by atoms with E-state index in [1.165, 1.54) is 23.5 Å². The molecule has 4 rings (SSSR count). The van der Waals surface area contributed by atoms with Crippen molar-refractivity contribution in [1.29, 1.82) is 5.41 Å². The van der Waals surface area contributed by atoms with E-state index < -0.39 is 29.9 Å². The molecule has 7 N–H and O–H groups in total. The maximum Gasteiger partial charge on any atom is 0.253 e. The Kier molecular flexibility index (Phi) is 8.29. The molecule has 37 heavy (non-hydrogen) atoms. The van der Waals surface area contributed by atoms with E-state index in [9.17, 15) is 19.5 Å². The molecule has 0 bridgehead atoms. The van der Waals surface area contributed by atoms with Gasteiger partial charge >= 0.3 is 0 Å². The van der Waals surface area contributed by atoms with Crippen LogP contribution < -0.4 is 26.4 Å². The molecule has 3 atom stereocenters. The maximum atomic E-state index is 12.7. The summed E-state index contributed by atoms with van der Waals surface area (Å²) in [5.41, 5.74) is 6.32. The van der Waals surface area contributed by atoms with E-state index in [1.54, 1.807) is 23.6 Å². The number of ketones is 1. The summed E-state index contributed by atoms with van der Waals surface area (Å²) >= 11 is 1.39. The molecule has 2 amide bonds. The zero-order chi connectivity index (χ0) is 26.4. The third-order valence-corrected chi connectivity index (χ3v) is 6.82. The topological polar surface area (TPSA) is 167 Å². The van der Waals surface area contributed by atoms with Gasteiger partial charge in [-0.05, 0) is 48.9 Å². The number of hydrogen-bond acceptors (Lipinski definition) is 8. The number of nitrogens with two attached hydrogens (primary N) is 1. The van der Waals surface area contributed by atoms with Gasteiger partial charge in [-0.3, -0.25) is 19.8 Å². The normalized spacial score (nSPS) is 17.5. The molecule has 192 valence electrons. The van der Waals surface area contributed by atoms with Crippen molar-refractivity contribution in [2.75, 3.05) is 6.54 Å². The van der Waals surface area contributed by atoms with E-state index in [4.69, 9.17) is 15.9 Å². The zero-order valence-electron chi connectivity index (χ0n) is 19.8. The van der Waals surface area contributed by atoms with Crippen LogP contribution in [0.4, 0.5) is 0 Å². The number of ether oxygens (including phenoxy) is 1. The van der Waals surface area contributed by atoms with Crippen LogP contribution in [0.25, 0.3) is 0 Å². The number of nitrogen functional groups attached to an aromatic ring is 1. The smallest absolute Gasteiger partial charge is 0.253 e. The first-order valence-electron chi connectivity index (χ1n) is 11.6. The number of benzene rings is 2. The second-order valence-corrected chi connectivity index (χ2v) is 9.54. The van der Waals surface area contributed by atoms with Crippen molar-refractivity contribution in [2.24, 2.45) is 11.7 Å². The summed E-state index contributed by atoms with van der Waals surface area (Å²) in [4.78, 5) is 38.6. The number of para-hydroxylation sites is 1. The molecule has 0 aliphatic carbocycles. The van der Waals surface area contributed by atoms with Crippen molar-refractivity contribution in [3.05, 3.63) is 82.0 Å². The van der Waals surface area contributed by atoms with Crippen LogP contribution in [0, 0.1) is 11.3 Å². The number of rotatable bonds is 10. The van der Waals surface area contributed by atoms with Gasteiger partial charge in [-0.2, -0.15) is 0 Å². The number of thiophene rings is 1. The first-order valence-corrected chi connectivity index (χ1v) is 12.5. The summed E-state index contributed by atoms with van der Waals surface area (Å²) in [6, 6.07) is 16.7. The van der Waals surface area contributed by atoms with Crippen molar-refractivity contribution in [2.45, 2.75) is 25.2 Å². The molecule has 2 aromatic carbocycles. The number of nitrogens with one attached hydrogen (secondary N) is 4. The predicted octanol–water partition coefficient (Wildman–Crippen LogP) is 1.74. The van der Waals surface area contributed by atoms with Crippen LogP contribution in [0.1, 0.15) is 27.2 Å². The fourth-order valence-electron chi connectivity index (χ4n) is 3.87. The Balaban J connectivity index is 1.24. The Labute approximate surface area is 217 Å². The molecule has 0 radical (unpaired) electrons. The summed E-state index contributed by atoms with van der Waals surface area (Å²) in [5, 5.41) is 27.6. The number of amides is 2. The van der Waals surface area contributed by atoms with E-state index in [0.29, 0.717) is 17.1 Å². The monoisotopic (exact) mass is 521 g/mol. The van der Waals surface area contributed by atoms with Gasteiger partial charge in [-0.15, -0.1) is 11.3 Å². The predicted molar refractivity (Wildman–Crippen MR) is 139 cm³/mol. The van der Waals surface area contributed by atoms with Gasteiger partial charge in [0.05, 0.1) is 12.6 Å². The number of aliphatic hydroxyl groups excluding tert-OH is 1. The average molecular weight is 522 g/mol. The molecule has 11 heteroatoms. The van der Waals surface area contributed by atoms with Crippen LogP contribution in [-0.2, 0) is 16.1 Å². The molecule has 1 fully saturated rings. The van der Waals surface area contributed by atoms with Gasteiger partial charge in [0.1, 0.15) is 17.3 Å². The van der Waals surface area contributed by atoms with Crippen LogP contribution in [0.5, 0.6) is 11.5 Å². The van der Waals surface area contributed by atoms with E-state index in [0.717, 1.165) is 4.88 Å². The van der Waals surface area contributed by atoms with Gasteiger partial charge in [0, 0.05) is 33.8 Å². The van der Waals surface area contributed by atoms with Crippen LogP contribution in [0.2, 0.25) is 0 Å². The Bertz CT molecular complexity index is 1280. The summed E-state index contributed by atoms with van der Waals surface area (Å²) in [5.74, 6) is -0.904. The van der Waals surface area contributed by atoms with E-state index in [-0.39, 0.29) is 36.8 Å². The summed E-state index contributed by atoms with van der Waals surface area (Å²) in [7, 11) is 0. The lowest BCUT2D eigenvalue weighted by Crippen LogP contribution is -2.44. The number of hydrogen-bond donors (Lipinski definition) is 6. The van der Waals surface area contributed by atoms with Gasteiger partial charge in [0.15, 0.2) is 12.0 Å². The number of carbonyl (C=O) groups excluding carboxylic acids is 3. The minimum absolute atomic E-state index is 0.0348. The molecular weight excluding hydrogens is 494 g/mol. The van der Waals surface area contributed by atoms with Gasteiger partial charge in [-0.25, -0.2) is 0 Å². The molecule has 1 aromatic heterocycles. The van der Waals surface area contributed by atoms with E-state index >= 15 is 0 Å². The maximum absolute atomic E-state index is 12.7. The third-order valence-electron chi connectivity index (χ3n) is 5.88. The molecule has 1 saturated heterocycles. The summed E-state index contributed by atoms with van der Waals surface area (Å²) in [6.07, 6.45) is -1.50. The minimum Gasteiger partial charge on any atom is -0.457 e. The lowest BCUT2D eigenvalue weighted by atomic mass is 9.99. The van der Waals surface area contributed by atoms with Crippen molar-refractivity contribution in [1.82, 2.24) is 16.0 Å². The highest BCUT2D eigenvalue weighted by Crippen LogP contribution is 2.22. The van der Waals surface area contributed by atoms with Crippen LogP contribution in [0.15, 0.2) is 66.0 Å². The largest absolute Gasteiger partial charge is 0.457 e. The Morgan fingerprint density at radius 3 is 2.49 bits per heavy atom. The minimum atomic E-state index is -1.70. The second kappa shape index (κ2) is 11.8. The highest BCUT2D eigenvalue weighted by molar-refractivity contribution is 7.10. The number of carbonyl (C=O) groups is 3. The molecule has 0 unspecified atom stereocenters. The molecule has 10 nitrogen and oxygen atoms in total. The number of aliphatic hydroxyl groups is 1. The second-order valence-electron chi connectivity index (χ2n) is 8.54. The van der Waals surface area contributed by atoms with Gasteiger partial charge in [0.2, 0.25) is 5.91 Å². The molecule has 1 aliphatic rings. The van der Waals surface area contributed by atoms with Gasteiger partial charge in [-0.1, -0.05) is 18.2 Å². The Hall–Kier alpha value is -4.06. The highest BCUT2D eigenvalue weighted by Gasteiger charge is 2.36. The van der Waals surface area contributed by atoms with E-state index in [1.807, 2.05) is 30.3 Å². The average Bonchev–Trinajstić information content (AvgIpc) is 3.58. The van der Waals surface area contributed by atoms with Gasteiger partial charge in [0.25, 0.3) is 5.91 Å². The first-order chi connectivity index (χ1) is 17.8. The Morgan fingerprint density at radius 2 is 1.81 bits per heavy atom. The fourth-order valence-corrected chi connectivity index (χ4v) is 4.69. The van der Waals surface area contributed by atoms with Crippen LogP contribution in [0.3, 0.4) is 0 Å². The lowest BCUT2D eigenvalue weighted by Gasteiger charge is -2.16. The molecule has 2 heterocycles. The molecular formula is C26H27N5O5S. The summed E-state index contributed by atoms with van der Waals surface area (Å²) in [6.45, 7) is 0.490.